The molecule has 0 spiro atoms. The molecular formula is C19H27FN2O2. The molecule has 2 fully saturated rings. The molecule has 1 aromatic carbocycles. The van der Waals surface area contributed by atoms with E-state index in [1.807, 2.05) is 0 Å². The van der Waals surface area contributed by atoms with E-state index in [0.717, 1.165) is 57.6 Å². The number of nitrogens with zero attached hydrogens (tertiary/aromatic N) is 1. The summed E-state index contributed by atoms with van der Waals surface area (Å²) in [7, 11) is 1.74. The Labute approximate surface area is 143 Å². The minimum absolute atomic E-state index is 0.0669. The van der Waals surface area contributed by atoms with Crippen LogP contribution in [0.4, 0.5) is 4.39 Å². The standard InChI is InChI=1S/C19H27FN2O2/c1-24-11-10-22-8-6-14(7-9-22)13-21-19(23)18-12-17(18)15-2-4-16(20)5-3-15/h2-5,14,17-18H,6-13H2,1H3,(H,21,23). The number of piperidine rings is 1. The largest absolute Gasteiger partial charge is 0.383 e. The van der Waals surface area contributed by atoms with E-state index in [4.69, 9.17) is 4.74 Å². The van der Waals surface area contributed by atoms with Crippen LogP contribution in [0.15, 0.2) is 24.3 Å². The number of hydrogen-bond donors (Lipinski definition) is 1. The maximum absolute atomic E-state index is 13.0. The van der Waals surface area contributed by atoms with Crippen molar-refractivity contribution in [3.8, 4) is 0 Å². The molecule has 1 aliphatic heterocycles. The lowest BCUT2D eigenvalue weighted by Gasteiger charge is -2.31. The lowest BCUT2D eigenvalue weighted by molar-refractivity contribution is -0.122. The van der Waals surface area contributed by atoms with Crippen molar-refractivity contribution in [2.24, 2.45) is 11.8 Å². The second-order valence-corrected chi connectivity index (χ2v) is 7.02. The summed E-state index contributed by atoms with van der Waals surface area (Å²) in [6, 6.07) is 6.53. The molecule has 24 heavy (non-hydrogen) atoms. The van der Waals surface area contributed by atoms with Crippen LogP contribution in [-0.4, -0.2) is 50.7 Å². The molecule has 3 rings (SSSR count). The van der Waals surface area contributed by atoms with Crippen molar-refractivity contribution in [3.05, 3.63) is 35.6 Å². The average molecular weight is 334 g/mol. The lowest BCUT2D eigenvalue weighted by Crippen LogP contribution is -2.40. The maximum atomic E-state index is 13.0. The Bertz CT molecular complexity index is 541. The van der Waals surface area contributed by atoms with Crippen LogP contribution in [-0.2, 0) is 9.53 Å². The summed E-state index contributed by atoms with van der Waals surface area (Å²) in [5.74, 6) is 0.845. The predicted molar refractivity (Wildman–Crippen MR) is 91.3 cm³/mol. The van der Waals surface area contributed by atoms with Gasteiger partial charge in [0.05, 0.1) is 6.61 Å². The van der Waals surface area contributed by atoms with Gasteiger partial charge in [-0.05, 0) is 61.9 Å². The van der Waals surface area contributed by atoms with Gasteiger partial charge in [-0.3, -0.25) is 4.79 Å². The highest BCUT2D eigenvalue weighted by Crippen LogP contribution is 2.47. The van der Waals surface area contributed by atoms with Crippen molar-refractivity contribution >= 4 is 5.91 Å². The Morgan fingerprint density at radius 3 is 2.67 bits per heavy atom. The summed E-state index contributed by atoms with van der Waals surface area (Å²) in [4.78, 5) is 14.7. The van der Waals surface area contributed by atoms with E-state index in [1.165, 1.54) is 12.1 Å². The molecule has 0 bridgehead atoms. The molecule has 5 heteroatoms. The smallest absolute Gasteiger partial charge is 0.223 e. The van der Waals surface area contributed by atoms with Gasteiger partial charge in [-0.2, -0.15) is 0 Å². The number of nitrogens with one attached hydrogen (secondary N) is 1. The van der Waals surface area contributed by atoms with Gasteiger partial charge in [0.15, 0.2) is 0 Å². The Morgan fingerprint density at radius 2 is 2.00 bits per heavy atom. The van der Waals surface area contributed by atoms with Gasteiger partial charge >= 0.3 is 0 Å². The highest BCUT2D eigenvalue weighted by Gasteiger charge is 2.43. The van der Waals surface area contributed by atoms with Crippen LogP contribution in [0, 0.1) is 17.7 Å². The number of carbonyl (C=O) groups is 1. The maximum Gasteiger partial charge on any atom is 0.223 e. The zero-order chi connectivity index (χ0) is 16.9. The molecule has 1 aromatic rings. The summed E-state index contributed by atoms with van der Waals surface area (Å²) in [5, 5.41) is 3.13. The number of hydrogen-bond acceptors (Lipinski definition) is 3. The molecular weight excluding hydrogens is 307 g/mol. The third-order valence-electron chi connectivity index (χ3n) is 5.31. The molecule has 1 amide bonds. The number of carbonyl (C=O) groups excluding carboxylic acids is 1. The number of ether oxygens (including phenoxy) is 1. The van der Waals surface area contributed by atoms with E-state index in [1.54, 1.807) is 19.2 Å². The highest BCUT2D eigenvalue weighted by atomic mass is 19.1. The lowest BCUT2D eigenvalue weighted by atomic mass is 9.96. The second kappa shape index (κ2) is 8.08. The number of rotatable bonds is 7. The van der Waals surface area contributed by atoms with Gasteiger partial charge in [0.2, 0.25) is 5.91 Å². The van der Waals surface area contributed by atoms with Crippen molar-refractivity contribution in [1.29, 1.82) is 0 Å². The molecule has 1 N–H and O–H groups in total. The van der Waals surface area contributed by atoms with Gasteiger partial charge in [-0.25, -0.2) is 4.39 Å². The van der Waals surface area contributed by atoms with E-state index < -0.39 is 0 Å². The fourth-order valence-electron chi connectivity index (χ4n) is 3.57. The van der Waals surface area contributed by atoms with Crippen molar-refractivity contribution < 1.29 is 13.9 Å². The summed E-state index contributed by atoms with van der Waals surface area (Å²) in [6.45, 7) is 4.74. The van der Waals surface area contributed by atoms with E-state index in [2.05, 4.69) is 10.2 Å². The van der Waals surface area contributed by atoms with Crippen molar-refractivity contribution in [2.45, 2.75) is 25.2 Å². The molecule has 1 aliphatic carbocycles. The Hall–Kier alpha value is -1.46. The molecule has 0 radical (unpaired) electrons. The summed E-state index contributed by atoms with van der Waals surface area (Å²) >= 11 is 0. The van der Waals surface area contributed by atoms with Gasteiger partial charge in [0.1, 0.15) is 5.82 Å². The first kappa shape index (κ1) is 17.4. The molecule has 1 saturated heterocycles. The summed E-state index contributed by atoms with van der Waals surface area (Å²) in [6.07, 6.45) is 3.15. The summed E-state index contributed by atoms with van der Waals surface area (Å²) in [5.41, 5.74) is 1.07. The monoisotopic (exact) mass is 334 g/mol. The van der Waals surface area contributed by atoms with E-state index in [0.29, 0.717) is 5.92 Å². The van der Waals surface area contributed by atoms with Gasteiger partial charge < -0.3 is 15.0 Å². The number of benzene rings is 1. The van der Waals surface area contributed by atoms with Crippen molar-refractivity contribution in [1.82, 2.24) is 10.2 Å². The molecule has 1 heterocycles. The fourth-order valence-corrected chi connectivity index (χ4v) is 3.57. The Kier molecular flexibility index (Phi) is 5.85. The molecule has 4 nitrogen and oxygen atoms in total. The highest BCUT2D eigenvalue weighted by molar-refractivity contribution is 5.82. The van der Waals surface area contributed by atoms with Crippen LogP contribution in [0.1, 0.15) is 30.7 Å². The zero-order valence-electron chi connectivity index (χ0n) is 14.3. The first-order valence-corrected chi connectivity index (χ1v) is 8.92. The van der Waals surface area contributed by atoms with Gasteiger partial charge in [0.25, 0.3) is 0 Å². The van der Waals surface area contributed by atoms with Crippen LogP contribution in [0.2, 0.25) is 0 Å². The molecule has 132 valence electrons. The average Bonchev–Trinajstić information content (AvgIpc) is 3.40. The SMILES string of the molecule is COCCN1CCC(CNC(=O)C2CC2c2ccc(F)cc2)CC1. The van der Waals surface area contributed by atoms with E-state index >= 15 is 0 Å². The number of halogens is 1. The number of amides is 1. The third-order valence-corrected chi connectivity index (χ3v) is 5.31. The fraction of sp³-hybridized carbons (Fsp3) is 0.632. The molecule has 0 aromatic heterocycles. The van der Waals surface area contributed by atoms with Gasteiger partial charge in [-0.1, -0.05) is 12.1 Å². The van der Waals surface area contributed by atoms with Crippen molar-refractivity contribution in [2.75, 3.05) is 39.9 Å². The topological polar surface area (TPSA) is 41.6 Å². The van der Waals surface area contributed by atoms with Gasteiger partial charge in [0, 0.05) is 26.1 Å². The van der Waals surface area contributed by atoms with Crippen LogP contribution in [0.3, 0.4) is 0 Å². The molecule has 2 aliphatic rings. The van der Waals surface area contributed by atoms with Crippen LogP contribution >= 0.6 is 0 Å². The third kappa shape index (κ3) is 4.54. The second-order valence-electron chi connectivity index (χ2n) is 7.02. The van der Waals surface area contributed by atoms with Crippen LogP contribution in [0.25, 0.3) is 0 Å². The first-order valence-electron chi connectivity index (χ1n) is 8.92. The molecule has 2 unspecified atom stereocenters. The van der Waals surface area contributed by atoms with Crippen LogP contribution in [0.5, 0.6) is 0 Å². The minimum Gasteiger partial charge on any atom is -0.383 e. The predicted octanol–water partition coefficient (Wildman–Crippen LogP) is 2.40. The molecule has 1 saturated carbocycles. The van der Waals surface area contributed by atoms with Crippen LogP contribution < -0.4 is 5.32 Å². The molecule has 2 atom stereocenters. The Balaban J connectivity index is 1.36. The zero-order valence-corrected chi connectivity index (χ0v) is 14.3. The number of likely N-dealkylation sites (tertiary alicyclic amines) is 1. The first-order chi connectivity index (χ1) is 11.7. The van der Waals surface area contributed by atoms with Gasteiger partial charge in [-0.15, -0.1) is 0 Å². The minimum atomic E-state index is -0.225. The van der Waals surface area contributed by atoms with Crippen molar-refractivity contribution in [3.63, 3.8) is 0 Å². The quantitative estimate of drug-likeness (QED) is 0.832. The normalized spacial score (nSPS) is 24.8. The van der Waals surface area contributed by atoms with E-state index in [9.17, 15) is 9.18 Å². The number of methoxy groups -OCH3 is 1. The Morgan fingerprint density at radius 1 is 1.29 bits per heavy atom. The summed E-state index contributed by atoms with van der Waals surface area (Å²) < 4.78 is 18.1. The van der Waals surface area contributed by atoms with E-state index in [-0.39, 0.29) is 23.6 Å².